The number of halogens is 4. The molecule has 0 saturated carbocycles. The minimum atomic E-state index is -4.86. The molecule has 0 radical (unpaired) electrons. The topological polar surface area (TPSA) is 55.1 Å². The quantitative estimate of drug-likeness (QED) is 0.616. The van der Waals surface area contributed by atoms with Crippen LogP contribution in [-0.2, 0) is 6.42 Å². The van der Waals surface area contributed by atoms with Gasteiger partial charge in [0.25, 0.3) is 0 Å². The van der Waals surface area contributed by atoms with Crippen molar-refractivity contribution in [3.63, 3.8) is 0 Å². The third kappa shape index (κ3) is 3.92. The first kappa shape index (κ1) is 13.8. The first-order valence-electron chi connectivity index (χ1n) is 4.23. The summed E-state index contributed by atoms with van der Waals surface area (Å²) in [5, 5.41) is 8.53. The molecule has 92 valence electrons. The molecule has 0 bridgehead atoms. The summed E-state index contributed by atoms with van der Waals surface area (Å²) in [5.41, 5.74) is -0.103. The third-order valence-corrected chi connectivity index (χ3v) is 2.21. The molecule has 0 atom stereocenters. The fraction of sp³-hybridized carbons (Fsp3) is 0.333. The van der Waals surface area contributed by atoms with E-state index in [9.17, 15) is 13.2 Å². The second kappa shape index (κ2) is 5.39. The van der Waals surface area contributed by atoms with E-state index in [2.05, 4.69) is 9.72 Å². The minimum Gasteiger partial charge on any atom is -0.493 e. The summed E-state index contributed by atoms with van der Waals surface area (Å²) in [4.78, 5) is 3.81. The van der Waals surface area contributed by atoms with E-state index in [0.717, 1.165) is 0 Å². The van der Waals surface area contributed by atoms with Crippen molar-refractivity contribution in [3.8, 4) is 17.6 Å². The fourth-order valence-corrected chi connectivity index (χ4v) is 1.67. The molecule has 0 fully saturated rings. The Morgan fingerprint density at radius 3 is 2.65 bits per heavy atom. The maximum Gasteiger partial charge on any atom is 0.573 e. The van der Waals surface area contributed by atoms with Gasteiger partial charge in [-0.2, -0.15) is 5.26 Å². The number of methoxy groups -OCH3 is 1. The molecular weight excluding hydrogens is 352 g/mol. The number of hydrogen-bond donors (Lipinski definition) is 0. The van der Waals surface area contributed by atoms with Gasteiger partial charge in [-0.15, -0.1) is 13.2 Å². The summed E-state index contributed by atoms with van der Waals surface area (Å²) in [6.45, 7) is 0. The summed E-state index contributed by atoms with van der Waals surface area (Å²) in [6, 6.07) is 3.01. The third-order valence-electron chi connectivity index (χ3n) is 1.66. The zero-order chi connectivity index (χ0) is 13.1. The van der Waals surface area contributed by atoms with Gasteiger partial charge in [-0.25, -0.2) is 4.98 Å². The highest BCUT2D eigenvalue weighted by atomic mass is 127. The van der Waals surface area contributed by atoms with Crippen LogP contribution in [0.25, 0.3) is 0 Å². The van der Waals surface area contributed by atoms with Gasteiger partial charge in [0.15, 0.2) is 11.5 Å². The van der Waals surface area contributed by atoms with Crippen molar-refractivity contribution in [1.82, 2.24) is 4.98 Å². The number of pyridine rings is 1. The molecule has 0 aliphatic heterocycles. The van der Waals surface area contributed by atoms with Gasteiger partial charge in [0.05, 0.1) is 19.6 Å². The smallest absolute Gasteiger partial charge is 0.493 e. The Balaban J connectivity index is 3.27. The van der Waals surface area contributed by atoms with Crippen LogP contribution in [0.2, 0.25) is 0 Å². The molecule has 0 unspecified atom stereocenters. The lowest BCUT2D eigenvalue weighted by Crippen LogP contribution is -2.19. The fourth-order valence-electron chi connectivity index (χ4n) is 1.10. The lowest BCUT2D eigenvalue weighted by Gasteiger charge is -2.14. The van der Waals surface area contributed by atoms with Crippen molar-refractivity contribution in [2.24, 2.45) is 0 Å². The Bertz CT molecular complexity index is 457. The van der Waals surface area contributed by atoms with Gasteiger partial charge in [0, 0.05) is 6.07 Å². The van der Waals surface area contributed by atoms with Gasteiger partial charge in [-0.1, -0.05) is 0 Å². The predicted octanol–water partition coefficient (Wildman–Crippen LogP) is 2.66. The van der Waals surface area contributed by atoms with Crippen molar-refractivity contribution < 1.29 is 22.6 Å². The SMILES string of the molecule is COc1cc(I)nc(CC#N)c1OC(F)(F)F. The molecule has 1 rings (SSSR count). The standard InChI is InChI=1S/C9H6F3IN2O2/c1-16-6-4-7(13)15-5(2-3-14)8(6)17-9(10,11)12/h4H,2H2,1H3. The van der Waals surface area contributed by atoms with Crippen molar-refractivity contribution in [2.75, 3.05) is 7.11 Å². The van der Waals surface area contributed by atoms with E-state index in [1.54, 1.807) is 6.07 Å². The highest BCUT2D eigenvalue weighted by molar-refractivity contribution is 14.1. The van der Waals surface area contributed by atoms with Gasteiger partial charge in [-0.3, -0.25) is 0 Å². The van der Waals surface area contributed by atoms with Crippen molar-refractivity contribution in [2.45, 2.75) is 12.8 Å². The molecule has 0 amide bonds. The average Bonchev–Trinajstić information content (AvgIpc) is 2.20. The van der Waals surface area contributed by atoms with Crippen molar-refractivity contribution in [1.29, 1.82) is 5.26 Å². The molecule has 0 N–H and O–H groups in total. The van der Waals surface area contributed by atoms with Gasteiger partial charge >= 0.3 is 6.36 Å². The van der Waals surface area contributed by atoms with Crippen molar-refractivity contribution >= 4 is 22.6 Å². The summed E-state index contributed by atoms with van der Waals surface area (Å²) in [6.07, 6.45) is -5.15. The van der Waals surface area contributed by atoms with E-state index in [0.29, 0.717) is 3.70 Å². The monoisotopic (exact) mass is 358 g/mol. The van der Waals surface area contributed by atoms with Crippen LogP contribution in [0.4, 0.5) is 13.2 Å². The highest BCUT2D eigenvalue weighted by Crippen LogP contribution is 2.35. The first-order valence-corrected chi connectivity index (χ1v) is 5.31. The van der Waals surface area contributed by atoms with E-state index < -0.39 is 12.1 Å². The Labute approximate surface area is 108 Å². The number of aromatic nitrogens is 1. The Morgan fingerprint density at radius 2 is 2.18 bits per heavy atom. The molecule has 0 aliphatic rings. The van der Waals surface area contributed by atoms with Crippen LogP contribution < -0.4 is 9.47 Å². The van der Waals surface area contributed by atoms with E-state index in [1.807, 2.05) is 22.6 Å². The molecule has 4 nitrogen and oxygen atoms in total. The van der Waals surface area contributed by atoms with Crippen LogP contribution in [0.15, 0.2) is 6.07 Å². The zero-order valence-electron chi connectivity index (χ0n) is 8.51. The normalized spacial score (nSPS) is 10.8. The highest BCUT2D eigenvalue weighted by Gasteiger charge is 2.34. The summed E-state index contributed by atoms with van der Waals surface area (Å²) in [5.74, 6) is -0.672. The predicted molar refractivity (Wildman–Crippen MR) is 59.5 cm³/mol. The van der Waals surface area contributed by atoms with E-state index in [1.165, 1.54) is 13.2 Å². The molecule has 1 aromatic rings. The maximum atomic E-state index is 12.2. The number of rotatable bonds is 3. The number of ether oxygens (including phenoxy) is 2. The second-order valence-corrected chi connectivity index (χ2v) is 3.91. The zero-order valence-corrected chi connectivity index (χ0v) is 10.7. The first-order chi connectivity index (χ1) is 7.87. The molecule has 0 aromatic carbocycles. The van der Waals surface area contributed by atoms with Crippen LogP contribution >= 0.6 is 22.6 Å². The molecule has 17 heavy (non-hydrogen) atoms. The van der Waals surface area contributed by atoms with Gasteiger partial charge < -0.3 is 9.47 Å². The van der Waals surface area contributed by atoms with E-state index in [-0.39, 0.29) is 17.9 Å². The van der Waals surface area contributed by atoms with Crippen LogP contribution in [-0.4, -0.2) is 18.5 Å². The number of hydrogen-bond acceptors (Lipinski definition) is 4. The van der Waals surface area contributed by atoms with Crippen LogP contribution in [0.1, 0.15) is 5.69 Å². The Morgan fingerprint density at radius 1 is 1.53 bits per heavy atom. The summed E-state index contributed by atoms with van der Waals surface area (Å²) in [7, 11) is 1.21. The average molecular weight is 358 g/mol. The van der Waals surface area contributed by atoms with Crippen molar-refractivity contribution in [3.05, 3.63) is 15.5 Å². The molecule has 0 aliphatic carbocycles. The summed E-state index contributed by atoms with van der Waals surface area (Å²) < 4.78 is 45.6. The van der Waals surface area contributed by atoms with Crippen LogP contribution in [0.5, 0.6) is 11.5 Å². The second-order valence-electron chi connectivity index (χ2n) is 2.81. The number of alkyl halides is 3. The Kier molecular flexibility index (Phi) is 4.39. The Hall–Kier alpha value is -1.24. The van der Waals surface area contributed by atoms with Gasteiger partial charge in [-0.05, 0) is 22.6 Å². The molecular formula is C9H6F3IN2O2. The van der Waals surface area contributed by atoms with Gasteiger partial charge in [0.1, 0.15) is 9.39 Å². The van der Waals surface area contributed by atoms with Crippen LogP contribution in [0.3, 0.4) is 0 Å². The number of nitriles is 1. The molecule has 0 spiro atoms. The molecule has 1 aromatic heterocycles. The van der Waals surface area contributed by atoms with E-state index in [4.69, 9.17) is 10.00 Å². The van der Waals surface area contributed by atoms with Crippen LogP contribution in [0, 0.1) is 15.0 Å². The maximum absolute atomic E-state index is 12.2. The summed E-state index contributed by atoms with van der Waals surface area (Å²) >= 11 is 1.81. The van der Waals surface area contributed by atoms with Gasteiger partial charge in [0.2, 0.25) is 0 Å². The largest absolute Gasteiger partial charge is 0.573 e. The lowest BCUT2D eigenvalue weighted by atomic mass is 10.2. The van der Waals surface area contributed by atoms with E-state index >= 15 is 0 Å². The molecule has 1 heterocycles. The lowest BCUT2D eigenvalue weighted by molar-refractivity contribution is -0.275. The molecule has 8 heteroatoms. The minimum absolute atomic E-state index is 0.103. The number of nitrogens with zero attached hydrogens (tertiary/aromatic N) is 2. The molecule has 0 saturated heterocycles.